The average molecular weight is 421 g/mol. The van der Waals surface area contributed by atoms with Gasteiger partial charge in [0, 0.05) is 38.3 Å². The number of aromatic nitrogens is 4. The quantitative estimate of drug-likeness (QED) is 0.631. The van der Waals surface area contributed by atoms with E-state index in [0.29, 0.717) is 24.3 Å². The molecule has 0 atom stereocenters. The molecular formula is C22H36N4O4. The van der Waals surface area contributed by atoms with E-state index in [-0.39, 0.29) is 32.5 Å². The van der Waals surface area contributed by atoms with Gasteiger partial charge in [-0.2, -0.15) is 10.2 Å². The second-order valence-corrected chi connectivity index (χ2v) is 7.23. The molecular weight excluding hydrogens is 384 g/mol. The van der Waals surface area contributed by atoms with Crippen molar-refractivity contribution in [3.63, 3.8) is 0 Å². The SMILES string of the molecule is C.CCCCC(=O)Cc1cc(C)n(C)n1.Cc1cc(CC(=O)CCC(=O)O)nn1C. The molecule has 0 aliphatic heterocycles. The molecule has 168 valence electrons. The molecule has 0 saturated heterocycles. The van der Waals surface area contributed by atoms with E-state index in [1.165, 1.54) is 0 Å². The molecule has 0 aliphatic carbocycles. The number of unbranched alkanes of at least 4 members (excludes halogenated alkanes) is 1. The van der Waals surface area contributed by atoms with Crippen LogP contribution in [0.1, 0.15) is 69.2 Å². The predicted molar refractivity (Wildman–Crippen MR) is 116 cm³/mol. The Morgan fingerprint density at radius 2 is 1.30 bits per heavy atom. The van der Waals surface area contributed by atoms with E-state index in [1.54, 1.807) is 11.7 Å². The van der Waals surface area contributed by atoms with Gasteiger partial charge in [0.1, 0.15) is 11.6 Å². The van der Waals surface area contributed by atoms with Crippen molar-refractivity contribution in [1.29, 1.82) is 0 Å². The number of nitrogens with zero attached hydrogens (tertiary/aromatic N) is 4. The Bertz CT molecular complexity index is 797. The maximum atomic E-state index is 11.4. The Morgan fingerprint density at radius 1 is 0.867 bits per heavy atom. The molecule has 0 bridgehead atoms. The third-order valence-corrected chi connectivity index (χ3v) is 4.51. The molecule has 8 nitrogen and oxygen atoms in total. The Labute approximate surface area is 179 Å². The summed E-state index contributed by atoms with van der Waals surface area (Å²) >= 11 is 0. The van der Waals surface area contributed by atoms with Crippen LogP contribution >= 0.6 is 0 Å². The molecule has 2 aromatic rings. The van der Waals surface area contributed by atoms with Crippen molar-refractivity contribution in [3.05, 3.63) is 34.9 Å². The normalized spacial score (nSPS) is 10.0. The van der Waals surface area contributed by atoms with Gasteiger partial charge in [-0.1, -0.05) is 20.8 Å². The van der Waals surface area contributed by atoms with Gasteiger partial charge in [0.25, 0.3) is 0 Å². The lowest BCUT2D eigenvalue weighted by atomic mass is 10.1. The largest absolute Gasteiger partial charge is 0.481 e. The van der Waals surface area contributed by atoms with Gasteiger partial charge >= 0.3 is 5.97 Å². The van der Waals surface area contributed by atoms with Crippen LogP contribution in [-0.2, 0) is 41.3 Å². The van der Waals surface area contributed by atoms with Gasteiger partial charge in [-0.25, -0.2) is 0 Å². The zero-order valence-electron chi connectivity index (χ0n) is 18.1. The van der Waals surface area contributed by atoms with Crippen molar-refractivity contribution in [1.82, 2.24) is 19.6 Å². The van der Waals surface area contributed by atoms with E-state index in [2.05, 4.69) is 17.1 Å². The zero-order chi connectivity index (χ0) is 22.0. The fourth-order valence-corrected chi connectivity index (χ4v) is 2.64. The highest BCUT2D eigenvalue weighted by Gasteiger charge is 2.09. The molecule has 0 aromatic carbocycles. The summed E-state index contributed by atoms with van der Waals surface area (Å²) in [6.07, 6.45) is 3.43. The van der Waals surface area contributed by atoms with Crippen LogP contribution in [0.5, 0.6) is 0 Å². The van der Waals surface area contributed by atoms with E-state index >= 15 is 0 Å². The Kier molecular flexibility index (Phi) is 12.2. The maximum Gasteiger partial charge on any atom is 0.303 e. The van der Waals surface area contributed by atoms with E-state index in [9.17, 15) is 14.4 Å². The molecule has 2 aromatic heterocycles. The molecule has 8 heteroatoms. The average Bonchev–Trinajstić information content (AvgIpc) is 3.12. The summed E-state index contributed by atoms with van der Waals surface area (Å²) in [5, 5.41) is 16.8. The van der Waals surface area contributed by atoms with Crippen LogP contribution in [0.4, 0.5) is 0 Å². The van der Waals surface area contributed by atoms with Crippen LogP contribution in [0.2, 0.25) is 0 Å². The fraction of sp³-hybridized carbons (Fsp3) is 0.591. The minimum absolute atomic E-state index is 0. The number of carboxylic acids is 1. The summed E-state index contributed by atoms with van der Waals surface area (Å²) in [5.74, 6) is -0.735. The van der Waals surface area contributed by atoms with Gasteiger partial charge in [-0.3, -0.25) is 23.7 Å². The minimum atomic E-state index is -0.944. The Morgan fingerprint density at radius 3 is 1.63 bits per heavy atom. The van der Waals surface area contributed by atoms with Crippen molar-refractivity contribution in [2.75, 3.05) is 0 Å². The number of aliphatic carboxylic acids is 1. The number of carbonyl (C=O) groups excluding carboxylic acids is 2. The summed E-state index contributed by atoms with van der Waals surface area (Å²) in [6, 6.07) is 3.81. The summed E-state index contributed by atoms with van der Waals surface area (Å²) in [4.78, 5) is 33.0. The van der Waals surface area contributed by atoms with Gasteiger partial charge in [-0.15, -0.1) is 0 Å². The van der Waals surface area contributed by atoms with Gasteiger partial charge in [0.05, 0.1) is 30.7 Å². The summed E-state index contributed by atoms with van der Waals surface area (Å²) < 4.78 is 3.50. The van der Waals surface area contributed by atoms with E-state index < -0.39 is 5.97 Å². The highest BCUT2D eigenvalue weighted by Crippen LogP contribution is 2.06. The molecule has 0 fully saturated rings. The van der Waals surface area contributed by atoms with Crippen molar-refractivity contribution in [2.45, 2.75) is 73.1 Å². The van der Waals surface area contributed by atoms with Gasteiger partial charge in [0.15, 0.2) is 0 Å². The first-order valence-corrected chi connectivity index (χ1v) is 9.86. The maximum absolute atomic E-state index is 11.4. The third kappa shape index (κ3) is 10.1. The number of carboxylic acid groups (broad SMARTS) is 1. The molecule has 2 heterocycles. The first kappa shape index (κ1) is 27.2. The van der Waals surface area contributed by atoms with Crippen molar-refractivity contribution in [2.24, 2.45) is 14.1 Å². The molecule has 30 heavy (non-hydrogen) atoms. The molecule has 0 radical (unpaired) electrons. The van der Waals surface area contributed by atoms with Gasteiger partial charge in [0.2, 0.25) is 0 Å². The molecule has 0 unspecified atom stereocenters. The number of Topliss-reactive ketones (excluding diaryl/α,β-unsaturated/α-hetero) is 2. The lowest BCUT2D eigenvalue weighted by Gasteiger charge is -1.95. The lowest BCUT2D eigenvalue weighted by Crippen LogP contribution is -2.06. The zero-order valence-corrected chi connectivity index (χ0v) is 18.1. The van der Waals surface area contributed by atoms with Crippen molar-refractivity contribution >= 4 is 17.5 Å². The second kappa shape index (κ2) is 13.5. The standard InChI is InChI=1S/C11H18N2O.C10H14N2O3.CH4/c1-4-5-6-11(14)8-10-7-9(2)13(3)12-10;1-7-5-8(11-12(7)2)6-9(13)3-4-10(14)15;/h7H,4-6,8H2,1-3H3;5H,3-4,6H2,1-2H3,(H,14,15);1H4. The molecule has 0 amide bonds. The second-order valence-electron chi connectivity index (χ2n) is 7.23. The Hall–Kier alpha value is -2.77. The number of aryl methyl sites for hydroxylation is 4. The number of carbonyl (C=O) groups is 3. The molecule has 0 saturated carbocycles. The van der Waals surface area contributed by atoms with Gasteiger partial charge < -0.3 is 5.11 Å². The summed E-state index contributed by atoms with van der Waals surface area (Å²) in [7, 11) is 3.70. The van der Waals surface area contributed by atoms with Crippen molar-refractivity contribution < 1.29 is 19.5 Å². The smallest absolute Gasteiger partial charge is 0.303 e. The van der Waals surface area contributed by atoms with Crippen LogP contribution < -0.4 is 0 Å². The molecule has 0 aliphatic rings. The number of hydrogen-bond donors (Lipinski definition) is 1. The highest BCUT2D eigenvalue weighted by molar-refractivity contribution is 5.83. The highest BCUT2D eigenvalue weighted by atomic mass is 16.4. The van der Waals surface area contributed by atoms with E-state index in [0.717, 1.165) is 29.9 Å². The number of hydrogen-bond acceptors (Lipinski definition) is 5. The van der Waals surface area contributed by atoms with Crippen LogP contribution in [0.15, 0.2) is 12.1 Å². The van der Waals surface area contributed by atoms with Gasteiger partial charge in [-0.05, 0) is 32.4 Å². The third-order valence-electron chi connectivity index (χ3n) is 4.51. The number of ketones is 2. The van der Waals surface area contributed by atoms with Crippen molar-refractivity contribution in [3.8, 4) is 0 Å². The van der Waals surface area contributed by atoms with Crippen LogP contribution in [0.25, 0.3) is 0 Å². The minimum Gasteiger partial charge on any atom is -0.481 e. The summed E-state index contributed by atoms with van der Waals surface area (Å²) in [6.45, 7) is 5.99. The Balaban J connectivity index is 0.000000544. The molecule has 2 rings (SSSR count). The van der Waals surface area contributed by atoms with Crippen LogP contribution in [0, 0.1) is 13.8 Å². The van der Waals surface area contributed by atoms with E-state index in [1.807, 2.05) is 37.7 Å². The number of rotatable bonds is 10. The topological polar surface area (TPSA) is 107 Å². The van der Waals surface area contributed by atoms with Crippen LogP contribution in [-0.4, -0.2) is 42.2 Å². The fourth-order valence-electron chi connectivity index (χ4n) is 2.64. The van der Waals surface area contributed by atoms with E-state index in [4.69, 9.17) is 5.11 Å². The summed E-state index contributed by atoms with van der Waals surface area (Å²) in [5.41, 5.74) is 3.68. The van der Waals surface area contributed by atoms with Crippen LogP contribution in [0.3, 0.4) is 0 Å². The molecule has 0 spiro atoms. The monoisotopic (exact) mass is 420 g/mol. The predicted octanol–water partition coefficient (Wildman–Crippen LogP) is 3.37. The first-order chi connectivity index (χ1) is 13.6. The lowest BCUT2D eigenvalue weighted by molar-refractivity contribution is -0.138. The first-order valence-electron chi connectivity index (χ1n) is 9.86. The molecule has 1 N–H and O–H groups in total.